The molecule has 0 aliphatic heterocycles. The van der Waals surface area contributed by atoms with Gasteiger partial charge in [-0.05, 0) is 50.7 Å². The maximum atomic E-state index is 4.39. The van der Waals surface area contributed by atoms with Gasteiger partial charge in [-0.2, -0.15) is 0 Å². The first kappa shape index (κ1) is 31.4. The number of hydrogen-bond acceptors (Lipinski definition) is 3. The molecular formula is C32H59N3. The minimum absolute atomic E-state index is 1.13. The zero-order valence-electron chi connectivity index (χ0n) is 24.5. The monoisotopic (exact) mass is 485 g/mol. The van der Waals surface area contributed by atoms with E-state index in [-0.39, 0.29) is 0 Å². The Morgan fingerprint density at radius 3 is 1.17 bits per heavy atom. The molecule has 1 aromatic carbocycles. The summed E-state index contributed by atoms with van der Waals surface area (Å²) in [5.74, 6) is 0. The second-order valence-electron chi connectivity index (χ2n) is 10.2. The van der Waals surface area contributed by atoms with Gasteiger partial charge in [-0.15, -0.1) is 0 Å². The van der Waals surface area contributed by atoms with Crippen molar-refractivity contribution < 1.29 is 0 Å². The fraction of sp³-hybridized carbons (Fsp3) is 0.750. The van der Waals surface area contributed by atoms with E-state index in [9.17, 15) is 0 Å². The topological polar surface area (TPSA) is 9.72 Å². The Kier molecular flexibility index (Phi) is 17.5. The molecule has 0 amide bonds. The molecule has 0 saturated carbocycles. The van der Waals surface area contributed by atoms with E-state index in [1.165, 1.54) is 99.7 Å². The van der Waals surface area contributed by atoms with Crippen molar-refractivity contribution >= 4 is 23.1 Å². The van der Waals surface area contributed by atoms with Crippen molar-refractivity contribution in [2.75, 3.05) is 54.0 Å². The van der Waals surface area contributed by atoms with Gasteiger partial charge in [0.1, 0.15) is 0 Å². The standard InChI is InChI=1S/C32H59N3/c1-8-15-23-33(24-16-9-2)30-21-22-31(34(25-17-10-3)26-18-11-4)32(29(30)14-7)35(27-19-12-5)28-20-13-6/h14,21-22H,7-13,15-20,23-28H2,1-6H3. The molecule has 0 atom stereocenters. The Morgan fingerprint density at radius 1 is 0.514 bits per heavy atom. The minimum Gasteiger partial charge on any atom is -0.371 e. The number of benzene rings is 1. The van der Waals surface area contributed by atoms with Gasteiger partial charge in [-0.25, -0.2) is 0 Å². The summed E-state index contributed by atoms with van der Waals surface area (Å²) in [4.78, 5) is 8.05. The van der Waals surface area contributed by atoms with Crippen LogP contribution < -0.4 is 14.7 Å². The lowest BCUT2D eigenvalue weighted by molar-refractivity contribution is 0.659. The first-order chi connectivity index (χ1) is 17.1. The summed E-state index contributed by atoms with van der Waals surface area (Å²) < 4.78 is 0. The minimum atomic E-state index is 1.13. The normalized spacial score (nSPS) is 11.0. The van der Waals surface area contributed by atoms with Crippen molar-refractivity contribution in [2.24, 2.45) is 0 Å². The Bertz CT molecular complexity index is 645. The summed E-state index contributed by atoms with van der Waals surface area (Å²) in [6, 6.07) is 4.88. The van der Waals surface area contributed by atoms with Gasteiger partial charge >= 0.3 is 0 Å². The summed E-state index contributed by atoms with van der Waals surface area (Å²) in [5.41, 5.74) is 5.64. The van der Waals surface area contributed by atoms with Gasteiger partial charge in [0.15, 0.2) is 0 Å². The number of unbranched alkanes of at least 4 members (excludes halogenated alkanes) is 6. The molecule has 35 heavy (non-hydrogen) atoms. The van der Waals surface area contributed by atoms with Crippen molar-refractivity contribution in [1.82, 2.24) is 0 Å². The second kappa shape index (κ2) is 19.5. The van der Waals surface area contributed by atoms with E-state index in [1.807, 2.05) is 0 Å². The van der Waals surface area contributed by atoms with Crippen LogP contribution in [0.25, 0.3) is 6.08 Å². The van der Waals surface area contributed by atoms with E-state index >= 15 is 0 Å². The van der Waals surface area contributed by atoms with Crippen LogP contribution in [0.5, 0.6) is 0 Å². The number of anilines is 3. The van der Waals surface area contributed by atoms with Crippen LogP contribution >= 0.6 is 0 Å². The fourth-order valence-electron chi connectivity index (χ4n) is 4.79. The van der Waals surface area contributed by atoms with Crippen molar-refractivity contribution in [3.05, 3.63) is 24.3 Å². The van der Waals surface area contributed by atoms with Crippen LogP contribution in [-0.4, -0.2) is 39.3 Å². The predicted octanol–water partition coefficient (Wildman–Crippen LogP) is 9.55. The summed E-state index contributed by atoms with van der Waals surface area (Å²) >= 11 is 0. The van der Waals surface area contributed by atoms with Gasteiger partial charge in [-0.3, -0.25) is 0 Å². The van der Waals surface area contributed by atoms with Gasteiger partial charge < -0.3 is 14.7 Å². The number of nitrogens with zero attached hydrogens (tertiary/aromatic N) is 3. The van der Waals surface area contributed by atoms with E-state index in [0.29, 0.717) is 0 Å². The number of rotatable bonds is 22. The van der Waals surface area contributed by atoms with Crippen LogP contribution in [0.1, 0.15) is 124 Å². The molecule has 0 bridgehead atoms. The van der Waals surface area contributed by atoms with E-state index in [4.69, 9.17) is 0 Å². The molecule has 0 fully saturated rings. The molecule has 0 spiro atoms. The predicted molar refractivity (Wildman–Crippen MR) is 163 cm³/mol. The summed E-state index contributed by atoms with van der Waals surface area (Å²) in [5, 5.41) is 0. The van der Waals surface area contributed by atoms with Crippen LogP contribution in [-0.2, 0) is 0 Å². The largest absolute Gasteiger partial charge is 0.371 e. The molecule has 0 heterocycles. The van der Waals surface area contributed by atoms with E-state index in [0.717, 1.165) is 39.3 Å². The maximum absolute atomic E-state index is 4.39. The molecule has 0 aliphatic rings. The molecule has 0 saturated heterocycles. The van der Waals surface area contributed by atoms with Gasteiger partial charge in [-0.1, -0.05) is 92.7 Å². The van der Waals surface area contributed by atoms with Crippen molar-refractivity contribution in [3.8, 4) is 0 Å². The Hall–Kier alpha value is -1.64. The molecule has 1 rings (SSSR count). The number of hydrogen-bond donors (Lipinski definition) is 0. The molecule has 0 aromatic heterocycles. The first-order valence-corrected chi connectivity index (χ1v) is 15.2. The zero-order valence-corrected chi connectivity index (χ0v) is 24.5. The van der Waals surface area contributed by atoms with Crippen molar-refractivity contribution in [3.63, 3.8) is 0 Å². The van der Waals surface area contributed by atoms with Crippen LogP contribution in [0, 0.1) is 0 Å². The third kappa shape index (κ3) is 10.5. The van der Waals surface area contributed by atoms with E-state index in [1.54, 1.807) is 0 Å². The van der Waals surface area contributed by atoms with Gasteiger partial charge in [0.2, 0.25) is 0 Å². The zero-order chi connectivity index (χ0) is 25.9. The Balaban J connectivity index is 3.71. The molecule has 3 heteroatoms. The highest BCUT2D eigenvalue weighted by Crippen LogP contribution is 2.41. The lowest BCUT2D eigenvalue weighted by atomic mass is 10.0. The molecule has 0 radical (unpaired) electrons. The Morgan fingerprint density at radius 2 is 0.829 bits per heavy atom. The van der Waals surface area contributed by atoms with E-state index in [2.05, 4.69) is 81.0 Å². The van der Waals surface area contributed by atoms with Gasteiger partial charge in [0.05, 0.1) is 11.4 Å². The highest BCUT2D eigenvalue weighted by atomic mass is 15.2. The molecule has 0 unspecified atom stereocenters. The maximum Gasteiger partial charge on any atom is 0.0698 e. The molecule has 202 valence electrons. The van der Waals surface area contributed by atoms with Crippen molar-refractivity contribution in [2.45, 2.75) is 119 Å². The Labute approximate surface area is 220 Å². The summed E-state index contributed by atoms with van der Waals surface area (Å²) in [7, 11) is 0. The van der Waals surface area contributed by atoms with Crippen LogP contribution in [0.4, 0.5) is 17.1 Å². The molecule has 0 N–H and O–H groups in total. The molecule has 0 aliphatic carbocycles. The van der Waals surface area contributed by atoms with Crippen molar-refractivity contribution in [1.29, 1.82) is 0 Å². The highest BCUT2D eigenvalue weighted by molar-refractivity contribution is 5.88. The third-order valence-corrected chi connectivity index (χ3v) is 7.06. The van der Waals surface area contributed by atoms with E-state index < -0.39 is 0 Å². The second-order valence-corrected chi connectivity index (χ2v) is 10.2. The SMILES string of the molecule is C=Cc1c(N(CCCC)CCCC)ccc(N(CCCC)CCCC)c1N(CCCC)CCCC. The van der Waals surface area contributed by atoms with Gasteiger partial charge in [0, 0.05) is 50.5 Å². The summed E-state index contributed by atoms with van der Waals surface area (Å²) in [6.07, 6.45) is 17.0. The smallest absolute Gasteiger partial charge is 0.0698 e. The summed E-state index contributed by atoms with van der Waals surface area (Å²) in [6.45, 7) is 25.1. The highest BCUT2D eigenvalue weighted by Gasteiger charge is 2.23. The van der Waals surface area contributed by atoms with Crippen LogP contribution in [0.2, 0.25) is 0 Å². The van der Waals surface area contributed by atoms with Gasteiger partial charge in [0.25, 0.3) is 0 Å². The lowest BCUT2D eigenvalue weighted by Crippen LogP contribution is -2.33. The molecular weight excluding hydrogens is 426 g/mol. The quantitative estimate of drug-likeness (QED) is 0.162. The average Bonchev–Trinajstić information content (AvgIpc) is 2.88. The lowest BCUT2D eigenvalue weighted by Gasteiger charge is -2.37. The molecule has 3 nitrogen and oxygen atoms in total. The fourth-order valence-corrected chi connectivity index (χ4v) is 4.79. The van der Waals surface area contributed by atoms with Crippen LogP contribution in [0.15, 0.2) is 18.7 Å². The first-order valence-electron chi connectivity index (χ1n) is 15.2. The average molecular weight is 486 g/mol. The third-order valence-electron chi connectivity index (χ3n) is 7.06. The molecule has 1 aromatic rings. The van der Waals surface area contributed by atoms with Crippen LogP contribution in [0.3, 0.4) is 0 Å².